The summed E-state index contributed by atoms with van der Waals surface area (Å²) >= 11 is 14.3. The van der Waals surface area contributed by atoms with E-state index in [1.165, 1.54) is 10.2 Å². The number of urea groups is 1. The van der Waals surface area contributed by atoms with E-state index in [0.29, 0.717) is 44.7 Å². The Bertz CT molecular complexity index is 2240. The van der Waals surface area contributed by atoms with E-state index in [0.717, 1.165) is 66.0 Å². The van der Waals surface area contributed by atoms with E-state index in [2.05, 4.69) is 37.0 Å². The smallest absolute Gasteiger partial charge is 0.315 e. The highest BCUT2D eigenvalue weighted by molar-refractivity contribution is 6.39. The Kier molecular flexibility index (Phi) is 7.73. The first-order chi connectivity index (χ1) is 23.6. The molecular formula is C36H34Cl2N8O3. The van der Waals surface area contributed by atoms with Gasteiger partial charge in [-0.15, -0.1) is 0 Å². The van der Waals surface area contributed by atoms with Gasteiger partial charge in [0.05, 0.1) is 45.7 Å². The lowest BCUT2D eigenvalue weighted by molar-refractivity contribution is 0.219. The summed E-state index contributed by atoms with van der Waals surface area (Å²) in [6, 6.07) is 15.5. The van der Waals surface area contributed by atoms with Crippen molar-refractivity contribution < 1.29 is 9.53 Å². The number of aromatic nitrogens is 4. The molecule has 13 heteroatoms. The number of aryl methyl sites for hydroxylation is 3. The number of likely N-dealkylation sites (tertiary alicyclic amines) is 1. The highest BCUT2D eigenvalue weighted by atomic mass is 35.5. The quantitative estimate of drug-likeness (QED) is 0.193. The van der Waals surface area contributed by atoms with Crippen LogP contribution in [0, 0.1) is 6.92 Å². The molecule has 2 atom stereocenters. The maximum absolute atomic E-state index is 13.0. The van der Waals surface area contributed by atoms with Gasteiger partial charge >= 0.3 is 6.03 Å². The zero-order chi connectivity index (χ0) is 34.0. The van der Waals surface area contributed by atoms with E-state index in [4.69, 9.17) is 32.9 Å². The van der Waals surface area contributed by atoms with Crippen molar-refractivity contribution in [2.75, 3.05) is 32.1 Å². The van der Waals surface area contributed by atoms with Crippen LogP contribution in [0.15, 0.2) is 59.5 Å². The van der Waals surface area contributed by atoms with Gasteiger partial charge in [0.15, 0.2) is 0 Å². The molecule has 5 heterocycles. The van der Waals surface area contributed by atoms with Gasteiger partial charge in [0.25, 0.3) is 5.56 Å². The molecule has 8 rings (SSSR count). The molecule has 2 aromatic carbocycles. The SMILES string of the molecule is COc1nc(-c2cccc(-c3cccc(Nc4nc(C)cc5cnn(C)c(=O)c45)c3Cl)c2Cl)cc2c1[C@@H](N1CC[C@@]3(CNC(=O)N3)C1)CC2. The van der Waals surface area contributed by atoms with Gasteiger partial charge in [-0.3, -0.25) is 9.69 Å². The van der Waals surface area contributed by atoms with Crippen LogP contribution >= 0.6 is 23.2 Å². The highest BCUT2D eigenvalue weighted by Crippen LogP contribution is 2.47. The van der Waals surface area contributed by atoms with E-state index < -0.39 is 0 Å². The number of methoxy groups -OCH3 is 1. The zero-order valence-electron chi connectivity index (χ0n) is 27.2. The monoisotopic (exact) mass is 696 g/mol. The Hall–Kier alpha value is -4.71. The number of fused-ring (bicyclic) bond motifs is 2. The lowest BCUT2D eigenvalue weighted by Crippen LogP contribution is -2.46. The normalized spacial score (nSPS) is 20.1. The lowest BCUT2D eigenvalue weighted by Gasteiger charge is -2.28. The minimum atomic E-state index is -0.261. The van der Waals surface area contributed by atoms with Gasteiger partial charge in [-0.05, 0) is 49.9 Å². The molecule has 3 aliphatic rings. The van der Waals surface area contributed by atoms with Crippen molar-refractivity contribution in [1.82, 2.24) is 35.3 Å². The Balaban J connectivity index is 1.13. The molecule has 2 fully saturated rings. The van der Waals surface area contributed by atoms with E-state index in [-0.39, 0.29) is 23.2 Å². The average molecular weight is 698 g/mol. The first-order valence-electron chi connectivity index (χ1n) is 16.2. The number of anilines is 2. The van der Waals surface area contributed by atoms with Gasteiger partial charge in [-0.1, -0.05) is 53.5 Å². The second-order valence-corrected chi connectivity index (χ2v) is 13.8. The average Bonchev–Trinajstić information content (AvgIpc) is 3.81. The minimum Gasteiger partial charge on any atom is -0.481 e. The number of ether oxygens (including phenoxy) is 1. The Morgan fingerprint density at radius 1 is 1.04 bits per heavy atom. The molecule has 3 aromatic heterocycles. The number of rotatable bonds is 6. The standard InChI is InChI=1S/C36H34Cl2N8O3/c1-19-14-21-16-40-45(2)34(47)29(21)32(41-19)42-25-9-5-7-23(31(25)38)22-6-4-8-24(30(22)37)26-15-20-10-11-27(28(20)33(43-26)49-3)46-13-12-36(18-46)17-39-35(48)44-36/h4-9,14-16,27H,10-13,17-18H2,1-3H3,(H,41,42)(H2,39,44,48)/t27-,36+/m0/s1. The molecule has 2 saturated heterocycles. The van der Waals surface area contributed by atoms with Gasteiger partial charge in [-0.25, -0.2) is 19.4 Å². The van der Waals surface area contributed by atoms with Crippen LogP contribution in [0.5, 0.6) is 5.88 Å². The number of hydrogen-bond donors (Lipinski definition) is 3. The first-order valence-corrected chi connectivity index (χ1v) is 17.0. The molecule has 0 bridgehead atoms. The van der Waals surface area contributed by atoms with Crippen LogP contribution in [0.25, 0.3) is 33.2 Å². The van der Waals surface area contributed by atoms with E-state index in [1.807, 2.05) is 49.4 Å². The molecule has 49 heavy (non-hydrogen) atoms. The Morgan fingerprint density at radius 3 is 2.59 bits per heavy atom. The Morgan fingerprint density at radius 2 is 1.82 bits per heavy atom. The van der Waals surface area contributed by atoms with Crippen molar-refractivity contribution >= 4 is 51.5 Å². The highest BCUT2D eigenvalue weighted by Gasteiger charge is 2.46. The van der Waals surface area contributed by atoms with Gasteiger partial charge in [-0.2, -0.15) is 5.10 Å². The van der Waals surface area contributed by atoms with E-state index in [9.17, 15) is 9.59 Å². The summed E-state index contributed by atoms with van der Waals surface area (Å²) in [4.78, 5) is 37.0. The summed E-state index contributed by atoms with van der Waals surface area (Å²) in [5.74, 6) is 0.993. The molecule has 2 aliphatic heterocycles. The summed E-state index contributed by atoms with van der Waals surface area (Å²) in [5.41, 5.74) is 6.07. The van der Waals surface area contributed by atoms with E-state index in [1.54, 1.807) is 20.4 Å². The molecule has 2 amide bonds. The summed E-state index contributed by atoms with van der Waals surface area (Å²) < 4.78 is 7.20. The van der Waals surface area contributed by atoms with Crippen molar-refractivity contribution in [1.29, 1.82) is 0 Å². The molecule has 3 N–H and O–H groups in total. The van der Waals surface area contributed by atoms with Crippen molar-refractivity contribution in [3.8, 4) is 28.3 Å². The summed E-state index contributed by atoms with van der Waals surface area (Å²) in [5, 5.41) is 15.6. The molecule has 1 spiro atoms. The third-order valence-electron chi connectivity index (χ3n) is 9.99. The zero-order valence-corrected chi connectivity index (χ0v) is 28.7. The number of benzene rings is 2. The number of nitrogens with one attached hydrogen (secondary N) is 3. The van der Waals surface area contributed by atoms with Crippen molar-refractivity contribution in [2.24, 2.45) is 7.05 Å². The number of nitrogens with zero attached hydrogens (tertiary/aromatic N) is 5. The van der Waals surface area contributed by atoms with Crippen LogP contribution in [0.2, 0.25) is 10.0 Å². The fourth-order valence-electron chi connectivity index (χ4n) is 7.62. The number of halogens is 2. The number of amides is 2. The second kappa shape index (κ2) is 12.0. The van der Waals surface area contributed by atoms with Crippen LogP contribution in [0.4, 0.5) is 16.3 Å². The predicted octanol–water partition coefficient (Wildman–Crippen LogP) is 6.17. The first kappa shape index (κ1) is 31.6. The van der Waals surface area contributed by atoms with Crippen molar-refractivity contribution in [2.45, 2.75) is 37.8 Å². The molecule has 0 radical (unpaired) electrons. The number of carbonyl (C=O) groups is 1. The van der Waals surface area contributed by atoms with Crippen molar-refractivity contribution in [3.05, 3.63) is 91.9 Å². The molecule has 0 saturated carbocycles. The minimum absolute atomic E-state index is 0.0947. The number of hydrogen-bond acceptors (Lipinski definition) is 8. The third-order valence-corrected chi connectivity index (χ3v) is 10.8. The third kappa shape index (κ3) is 5.36. The van der Waals surface area contributed by atoms with Gasteiger partial charge in [0, 0.05) is 66.1 Å². The molecule has 250 valence electrons. The molecule has 1 aliphatic carbocycles. The maximum Gasteiger partial charge on any atom is 0.315 e. The topological polar surface area (TPSA) is 126 Å². The molecule has 5 aromatic rings. The van der Waals surface area contributed by atoms with Crippen LogP contribution < -0.4 is 26.2 Å². The van der Waals surface area contributed by atoms with Crippen LogP contribution in [0.3, 0.4) is 0 Å². The van der Waals surface area contributed by atoms with Crippen LogP contribution in [-0.2, 0) is 13.5 Å². The number of carbonyl (C=O) groups excluding carboxylic acids is 1. The maximum atomic E-state index is 13.0. The predicted molar refractivity (Wildman–Crippen MR) is 191 cm³/mol. The fourth-order valence-corrected chi connectivity index (χ4v) is 8.22. The summed E-state index contributed by atoms with van der Waals surface area (Å²) in [6.07, 6.45) is 4.39. The van der Waals surface area contributed by atoms with Gasteiger partial charge < -0.3 is 20.7 Å². The lowest BCUT2D eigenvalue weighted by atomic mass is 9.99. The second-order valence-electron chi connectivity index (χ2n) is 13.1. The van der Waals surface area contributed by atoms with Crippen molar-refractivity contribution in [3.63, 3.8) is 0 Å². The van der Waals surface area contributed by atoms with Crippen LogP contribution in [-0.4, -0.2) is 63.0 Å². The van der Waals surface area contributed by atoms with Crippen LogP contribution in [0.1, 0.15) is 35.7 Å². The van der Waals surface area contributed by atoms with Gasteiger partial charge in [0.2, 0.25) is 5.88 Å². The van der Waals surface area contributed by atoms with E-state index >= 15 is 0 Å². The molecule has 11 nitrogen and oxygen atoms in total. The summed E-state index contributed by atoms with van der Waals surface area (Å²) in [6.45, 7) is 4.19. The Labute approximate surface area is 292 Å². The molecule has 0 unspecified atom stereocenters. The van der Waals surface area contributed by atoms with Gasteiger partial charge in [0.1, 0.15) is 5.82 Å². The fraction of sp³-hybridized carbons (Fsp3) is 0.306. The largest absolute Gasteiger partial charge is 0.481 e. The molecular weight excluding hydrogens is 663 g/mol. The summed E-state index contributed by atoms with van der Waals surface area (Å²) in [7, 11) is 3.26. The number of pyridine rings is 2.